The Morgan fingerprint density at radius 3 is 2.95 bits per heavy atom. The maximum absolute atomic E-state index is 12.2. The fourth-order valence-electron chi connectivity index (χ4n) is 2.25. The lowest BCUT2D eigenvalue weighted by Crippen LogP contribution is -2.27. The molecule has 1 aromatic heterocycles. The average Bonchev–Trinajstić information content (AvgIpc) is 2.82. The van der Waals surface area contributed by atoms with Crippen LogP contribution in [0.25, 0.3) is 0 Å². The molecule has 1 fully saturated rings. The van der Waals surface area contributed by atoms with Crippen LogP contribution in [-0.4, -0.2) is 16.6 Å². The Morgan fingerprint density at radius 1 is 1.32 bits per heavy atom. The van der Waals surface area contributed by atoms with Crippen molar-refractivity contribution in [3.63, 3.8) is 0 Å². The highest BCUT2D eigenvalue weighted by Gasteiger charge is 2.34. The summed E-state index contributed by atoms with van der Waals surface area (Å²) in [4.78, 5) is 18.2. The minimum absolute atomic E-state index is 0.0306. The van der Waals surface area contributed by atoms with Gasteiger partial charge in [-0.15, -0.1) is 11.8 Å². The molecule has 19 heavy (non-hydrogen) atoms. The summed E-state index contributed by atoms with van der Waals surface area (Å²) < 4.78 is 0. The van der Waals surface area contributed by atoms with Crippen LogP contribution in [0.5, 0.6) is 0 Å². The Kier molecular flexibility index (Phi) is 3.25. The zero-order valence-electron chi connectivity index (χ0n) is 10.6. The number of anilines is 1. The zero-order valence-corrected chi connectivity index (χ0v) is 11.4. The number of amides is 1. The molecule has 4 heteroatoms. The molecule has 96 valence electrons. The Morgan fingerprint density at radius 2 is 2.21 bits per heavy atom. The standard InChI is InChI=1S/C15H14N2OS/c1-11-4-2-6-13(8-11)17-14(18)10-19-15(17)12-5-3-7-16-9-12/h2-9,15H,10H2,1H3/t15-/m0/s1. The highest BCUT2D eigenvalue weighted by atomic mass is 32.2. The number of carbonyl (C=O) groups is 1. The molecule has 3 rings (SSSR count). The summed E-state index contributed by atoms with van der Waals surface area (Å²) in [5.74, 6) is 0.678. The van der Waals surface area contributed by atoms with Gasteiger partial charge in [0.2, 0.25) is 5.91 Å². The fourth-order valence-corrected chi connectivity index (χ4v) is 3.41. The molecule has 3 nitrogen and oxygen atoms in total. The number of aromatic nitrogens is 1. The van der Waals surface area contributed by atoms with Gasteiger partial charge in [-0.25, -0.2) is 0 Å². The predicted octanol–water partition coefficient (Wildman–Crippen LogP) is 3.17. The highest BCUT2D eigenvalue weighted by Crippen LogP contribution is 2.41. The Labute approximate surface area is 116 Å². The smallest absolute Gasteiger partial charge is 0.238 e. The van der Waals surface area contributed by atoms with Gasteiger partial charge < -0.3 is 0 Å². The Bertz CT molecular complexity index is 600. The lowest BCUT2D eigenvalue weighted by molar-refractivity contribution is -0.115. The molecule has 1 amide bonds. The quantitative estimate of drug-likeness (QED) is 0.840. The predicted molar refractivity (Wildman–Crippen MR) is 78.1 cm³/mol. The molecule has 0 N–H and O–H groups in total. The van der Waals surface area contributed by atoms with Gasteiger partial charge >= 0.3 is 0 Å². The van der Waals surface area contributed by atoms with Gasteiger partial charge in [-0.05, 0) is 30.7 Å². The largest absolute Gasteiger partial charge is 0.295 e. The van der Waals surface area contributed by atoms with Crippen molar-refractivity contribution < 1.29 is 4.79 Å². The number of thioether (sulfide) groups is 1. The van der Waals surface area contributed by atoms with Gasteiger partial charge in [0, 0.05) is 23.6 Å². The van der Waals surface area contributed by atoms with E-state index in [1.54, 1.807) is 18.0 Å². The minimum atomic E-state index is 0.0306. The van der Waals surface area contributed by atoms with Gasteiger partial charge in [-0.1, -0.05) is 18.2 Å². The molecule has 2 heterocycles. The summed E-state index contributed by atoms with van der Waals surface area (Å²) in [6, 6.07) is 12.0. The SMILES string of the molecule is Cc1cccc(N2C(=O)CS[C@H]2c2cccnc2)c1. The monoisotopic (exact) mass is 270 g/mol. The Hall–Kier alpha value is -1.81. The van der Waals surface area contributed by atoms with E-state index in [-0.39, 0.29) is 11.3 Å². The number of benzene rings is 1. The number of nitrogens with zero attached hydrogens (tertiary/aromatic N) is 2. The van der Waals surface area contributed by atoms with E-state index in [0.29, 0.717) is 5.75 Å². The second-order valence-electron chi connectivity index (χ2n) is 4.55. The number of carbonyl (C=O) groups excluding carboxylic acids is 1. The van der Waals surface area contributed by atoms with Crippen molar-refractivity contribution in [2.45, 2.75) is 12.3 Å². The molecule has 1 aliphatic heterocycles. The van der Waals surface area contributed by atoms with Crippen molar-refractivity contribution in [3.8, 4) is 0 Å². The van der Waals surface area contributed by atoms with E-state index in [4.69, 9.17) is 0 Å². The molecule has 1 aromatic carbocycles. The van der Waals surface area contributed by atoms with E-state index in [9.17, 15) is 4.79 Å². The third-order valence-electron chi connectivity index (χ3n) is 3.12. The van der Waals surface area contributed by atoms with Crippen molar-refractivity contribution in [1.82, 2.24) is 4.98 Å². The van der Waals surface area contributed by atoms with Crippen molar-refractivity contribution in [1.29, 1.82) is 0 Å². The lowest BCUT2D eigenvalue weighted by Gasteiger charge is -2.24. The maximum Gasteiger partial charge on any atom is 0.238 e. The zero-order chi connectivity index (χ0) is 13.2. The molecule has 1 atom stereocenters. The maximum atomic E-state index is 12.2. The van der Waals surface area contributed by atoms with Crippen LogP contribution in [0.3, 0.4) is 0 Å². The minimum Gasteiger partial charge on any atom is -0.295 e. The fraction of sp³-hybridized carbons (Fsp3) is 0.200. The molecule has 1 aliphatic rings. The van der Waals surface area contributed by atoms with Crippen LogP contribution >= 0.6 is 11.8 Å². The van der Waals surface area contributed by atoms with Crippen molar-refractivity contribution in [2.24, 2.45) is 0 Å². The van der Waals surface area contributed by atoms with Crippen molar-refractivity contribution >= 4 is 23.4 Å². The van der Waals surface area contributed by atoms with Crippen molar-refractivity contribution in [2.75, 3.05) is 10.7 Å². The van der Waals surface area contributed by atoms with Gasteiger partial charge in [0.25, 0.3) is 0 Å². The van der Waals surface area contributed by atoms with Crippen LogP contribution in [-0.2, 0) is 4.79 Å². The van der Waals surface area contributed by atoms with E-state index in [1.807, 2.05) is 54.4 Å². The van der Waals surface area contributed by atoms with E-state index in [2.05, 4.69) is 4.98 Å². The first-order chi connectivity index (χ1) is 9.25. The number of hydrogen-bond donors (Lipinski definition) is 0. The number of aryl methyl sites for hydroxylation is 1. The van der Waals surface area contributed by atoms with Crippen LogP contribution in [0.1, 0.15) is 16.5 Å². The van der Waals surface area contributed by atoms with Crippen LogP contribution in [0.2, 0.25) is 0 Å². The molecular formula is C15H14N2OS. The first-order valence-electron chi connectivity index (χ1n) is 6.16. The summed E-state index contributed by atoms with van der Waals surface area (Å²) in [5.41, 5.74) is 3.19. The van der Waals surface area contributed by atoms with Gasteiger partial charge in [0.15, 0.2) is 0 Å². The van der Waals surface area contributed by atoms with Crippen LogP contribution in [0.15, 0.2) is 48.8 Å². The molecule has 0 radical (unpaired) electrons. The topological polar surface area (TPSA) is 33.2 Å². The first kappa shape index (κ1) is 12.2. The third-order valence-corrected chi connectivity index (χ3v) is 4.33. The average molecular weight is 270 g/mol. The van der Waals surface area contributed by atoms with Crippen LogP contribution < -0.4 is 4.90 Å². The van der Waals surface area contributed by atoms with Crippen LogP contribution in [0, 0.1) is 6.92 Å². The molecule has 0 bridgehead atoms. The van der Waals surface area contributed by atoms with E-state index >= 15 is 0 Å². The molecule has 0 aliphatic carbocycles. The van der Waals surface area contributed by atoms with E-state index < -0.39 is 0 Å². The molecule has 0 saturated carbocycles. The van der Waals surface area contributed by atoms with Gasteiger partial charge in [-0.3, -0.25) is 14.7 Å². The summed E-state index contributed by atoms with van der Waals surface area (Å²) in [5, 5.41) is 0.0306. The molecule has 1 saturated heterocycles. The third kappa shape index (κ3) is 2.36. The summed E-state index contributed by atoms with van der Waals surface area (Å²) in [6.07, 6.45) is 3.58. The van der Waals surface area contributed by atoms with Gasteiger partial charge in [0.05, 0.1) is 5.75 Å². The van der Waals surface area contributed by atoms with E-state index in [1.165, 1.54) is 0 Å². The summed E-state index contributed by atoms with van der Waals surface area (Å²) >= 11 is 1.65. The van der Waals surface area contributed by atoms with Crippen molar-refractivity contribution in [3.05, 3.63) is 59.9 Å². The van der Waals surface area contributed by atoms with Crippen LogP contribution in [0.4, 0.5) is 5.69 Å². The van der Waals surface area contributed by atoms with Gasteiger partial charge in [0.1, 0.15) is 5.37 Å². The number of hydrogen-bond acceptors (Lipinski definition) is 3. The number of rotatable bonds is 2. The second kappa shape index (κ2) is 5.05. The van der Waals surface area contributed by atoms with E-state index in [0.717, 1.165) is 16.8 Å². The normalized spacial score (nSPS) is 18.9. The lowest BCUT2D eigenvalue weighted by atomic mass is 10.2. The second-order valence-corrected chi connectivity index (χ2v) is 5.62. The molecular weight excluding hydrogens is 256 g/mol. The molecule has 0 spiro atoms. The Balaban J connectivity index is 2.00. The summed E-state index contributed by atoms with van der Waals surface area (Å²) in [6.45, 7) is 2.04. The summed E-state index contributed by atoms with van der Waals surface area (Å²) in [7, 11) is 0. The molecule has 2 aromatic rings. The molecule has 0 unspecified atom stereocenters. The first-order valence-corrected chi connectivity index (χ1v) is 7.21. The highest BCUT2D eigenvalue weighted by molar-refractivity contribution is 8.00. The van der Waals surface area contributed by atoms with Gasteiger partial charge in [-0.2, -0.15) is 0 Å². The number of pyridine rings is 1.